The van der Waals surface area contributed by atoms with Gasteiger partial charge < -0.3 is 14.7 Å². The molecule has 0 bridgehead atoms. The van der Waals surface area contributed by atoms with Gasteiger partial charge in [-0.05, 0) is 128 Å². The van der Waals surface area contributed by atoms with Crippen LogP contribution in [0.2, 0.25) is 5.02 Å². The summed E-state index contributed by atoms with van der Waals surface area (Å²) in [7, 11) is 0. The van der Waals surface area contributed by atoms with E-state index in [2.05, 4.69) is 172 Å². The van der Waals surface area contributed by atoms with Crippen LogP contribution in [0.5, 0.6) is 0 Å². The standard InChI is InChI=1S/C42H34ClN3.C2H6/c43-33-21-23-38(24-22-33)46(41-29-25-39(26-30-41)44(34-13-5-1-6-14-34)35-15-7-2-8-16-35)42-31-27-40(28-32-42)45(36-17-9-3-10-18-36)37-19-11-4-12-20-37;1-2/h1-3,5-11,13-32H,4,12H2;1-2H3. The zero-order valence-corrected chi connectivity index (χ0v) is 28.2. The average Bonchev–Trinajstić information content (AvgIpc) is 3.17. The van der Waals surface area contributed by atoms with Crippen molar-refractivity contribution in [2.75, 3.05) is 14.7 Å². The van der Waals surface area contributed by atoms with E-state index in [0.717, 1.165) is 58.3 Å². The summed E-state index contributed by atoms with van der Waals surface area (Å²) < 4.78 is 0. The van der Waals surface area contributed by atoms with Gasteiger partial charge in [0.1, 0.15) is 0 Å². The van der Waals surface area contributed by atoms with Crippen molar-refractivity contribution in [3.63, 3.8) is 0 Å². The van der Waals surface area contributed by atoms with Crippen molar-refractivity contribution in [2.24, 2.45) is 0 Å². The Bertz CT molecular complexity index is 1880. The highest BCUT2D eigenvalue weighted by atomic mass is 35.5. The third-order valence-electron chi connectivity index (χ3n) is 8.09. The van der Waals surface area contributed by atoms with Gasteiger partial charge in [0.2, 0.25) is 0 Å². The molecule has 4 heteroatoms. The highest BCUT2D eigenvalue weighted by Gasteiger charge is 2.18. The van der Waals surface area contributed by atoms with E-state index in [9.17, 15) is 0 Å². The van der Waals surface area contributed by atoms with Crippen LogP contribution in [0.3, 0.4) is 0 Å². The molecule has 0 spiro atoms. The van der Waals surface area contributed by atoms with Crippen molar-refractivity contribution >= 4 is 57.1 Å². The van der Waals surface area contributed by atoms with Crippen molar-refractivity contribution < 1.29 is 0 Å². The second-order valence-electron chi connectivity index (χ2n) is 11.1. The number of nitrogens with zero attached hydrogens (tertiary/aromatic N) is 3. The minimum Gasteiger partial charge on any atom is -0.311 e. The molecule has 0 saturated carbocycles. The Labute approximate surface area is 290 Å². The molecule has 0 radical (unpaired) electrons. The van der Waals surface area contributed by atoms with Crippen LogP contribution in [-0.4, -0.2) is 0 Å². The first-order chi connectivity index (χ1) is 23.7. The zero-order valence-electron chi connectivity index (χ0n) is 27.5. The molecular formula is C44H40ClN3. The van der Waals surface area contributed by atoms with E-state index in [1.165, 1.54) is 5.70 Å². The van der Waals surface area contributed by atoms with E-state index in [1.807, 2.05) is 38.1 Å². The van der Waals surface area contributed by atoms with Crippen LogP contribution in [0.1, 0.15) is 26.7 Å². The van der Waals surface area contributed by atoms with Gasteiger partial charge in [0.25, 0.3) is 0 Å². The van der Waals surface area contributed by atoms with Crippen molar-refractivity contribution in [1.29, 1.82) is 0 Å². The van der Waals surface area contributed by atoms with Gasteiger partial charge in [0.15, 0.2) is 0 Å². The predicted molar refractivity (Wildman–Crippen MR) is 207 cm³/mol. The topological polar surface area (TPSA) is 9.72 Å². The fraction of sp³-hybridized carbons (Fsp3) is 0.0909. The Morgan fingerprint density at radius 1 is 0.375 bits per heavy atom. The molecule has 238 valence electrons. The monoisotopic (exact) mass is 645 g/mol. The van der Waals surface area contributed by atoms with Crippen LogP contribution in [0.15, 0.2) is 188 Å². The van der Waals surface area contributed by atoms with E-state index in [1.54, 1.807) is 0 Å². The summed E-state index contributed by atoms with van der Waals surface area (Å²) in [6.45, 7) is 4.00. The minimum absolute atomic E-state index is 0.711. The van der Waals surface area contributed by atoms with Crippen LogP contribution < -0.4 is 14.7 Å². The summed E-state index contributed by atoms with van der Waals surface area (Å²) in [6, 6.07) is 57.1. The van der Waals surface area contributed by atoms with Gasteiger partial charge in [-0.1, -0.05) is 92.2 Å². The summed E-state index contributed by atoms with van der Waals surface area (Å²) in [5, 5.41) is 0.711. The maximum atomic E-state index is 6.33. The van der Waals surface area contributed by atoms with Crippen LogP contribution in [-0.2, 0) is 0 Å². The van der Waals surface area contributed by atoms with E-state index >= 15 is 0 Å². The number of para-hydroxylation sites is 3. The van der Waals surface area contributed by atoms with Crippen LogP contribution >= 0.6 is 11.6 Å². The number of benzene rings is 6. The normalized spacial score (nSPS) is 11.9. The lowest BCUT2D eigenvalue weighted by atomic mass is 10.1. The van der Waals surface area contributed by atoms with Crippen molar-refractivity contribution in [1.82, 2.24) is 0 Å². The van der Waals surface area contributed by atoms with Crippen molar-refractivity contribution in [3.8, 4) is 0 Å². The highest BCUT2D eigenvalue weighted by Crippen LogP contribution is 2.40. The largest absolute Gasteiger partial charge is 0.311 e. The first kappa shape index (κ1) is 32.4. The summed E-state index contributed by atoms with van der Waals surface area (Å²) in [4.78, 5) is 6.87. The maximum Gasteiger partial charge on any atom is 0.0463 e. The Morgan fingerprint density at radius 3 is 1.04 bits per heavy atom. The van der Waals surface area contributed by atoms with E-state index in [-0.39, 0.29) is 0 Å². The molecule has 0 heterocycles. The summed E-state index contributed by atoms with van der Waals surface area (Å²) in [5.74, 6) is 0. The third-order valence-corrected chi connectivity index (χ3v) is 8.35. The second-order valence-corrected chi connectivity index (χ2v) is 11.6. The van der Waals surface area contributed by atoms with E-state index < -0.39 is 0 Å². The maximum absolute atomic E-state index is 6.33. The number of rotatable bonds is 9. The second kappa shape index (κ2) is 15.9. The first-order valence-electron chi connectivity index (χ1n) is 16.6. The molecule has 0 amide bonds. The van der Waals surface area contributed by atoms with Crippen molar-refractivity contribution in [2.45, 2.75) is 26.7 Å². The number of hydrogen-bond donors (Lipinski definition) is 0. The molecule has 0 atom stereocenters. The smallest absolute Gasteiger partial charge is 0.0463 e. The molecule has 3 nitrogen and oxygen atoms in total. The molecule has 6 aromatic carbocycles. The number of hydrogen-bond acceptors (Lipinski definition) is 3. The molecule has 0 aliphatic heterocycles. The summed E-state index contributed by atoms with van der Waals surface area (Å²) in [6.07, 6.45) is 8.91. The van der Waals surface area contributed by atoms with E-state index in [0.29, 0.717) is 5.02 Å². The van der Waals surface area contributed by atoms with Crippen LogP contribution in [0.25, 0.3) is 0 Å². The Hall–Kier alpha value is -5.51. The fourth-order valence-electron chi connectivity index (χ4n) is 5.93. The molecule has 0 saturated heterocycles. The fourth-order valence-corrected chi connectivity index (χ4v) is 6.06. The summed E-state index contributed by atoms with van der Waals surface area (Å²) in [5.41, 5.74) is 9.89. The Kier molecular flexibility index (Phi) is 10.7. The minimum atomic E-state index is 0.711. The first-order valence-corrected chi connectivity index (χ1v) is 17.0. The predicted octanol–water partition coefficient (Wildman–Crippen LogP) is 13.7. The lowest BCUT2D eigenvalue weighted by molar-refractivity contribution is 0.997. The molecule has 0 unspecified atom stereocenters. The van der Waals surface area contributed by atoms with Gasteiger partial charge in [-0.3, -0.25) is 0 Å². The number of allylic oxidation sites excluding steroid dienone is 3. The molecular weight excluding hydrogens is 606 g/mol. The molecule has 7 rings (SSSR count). The number of halogens is 1. The van der Waals surface area contributed by atoms with Crippen LogP contribution in [0, 0.1) is 0 Å². The van der Waals surface area contributed by atoms with Gasteiger partial charge in [-0.15, -0.1) is 0 Å². The molecule has 1 aliphatic carbocycles. The van der Waals surface area contributed by atoms with Gasteiger partial charge in [-0.2, -0.15) is 0 Å². The van der Waals surface area contributed by atoms with E-state index in [4.69, 9.17) is 11.6 Å². The lowest BCUT2D eigenvalue weighted by Crippen LogP contribution is -2.16. The van der Waals surface area contributed by atoms with Crippen LogP contribution in [0.4, 0.5) is 45.5 Å². The molecule has 0 N–H and O–H groups in total. The zero-order chi connectivity index (χ0) is 33.1. The Morgan fingerprint density at radius 2 is 0.688 bits per heavy atom. The SMILES string of the molecule is CC.Clc1ccc(N(c2ccc(N(C3=CCCC=C3)c3ccccc3)cc2)c2ccc(N(c3ccccc3)c3ccccc3)cc2)cc1. The lowest BCUT2D eigenvalue weighted by Gasteiger charge is -2.30. The molecule has 0 fully saturated rings. The molecule has 6 aromatic rings. The quantitative estimate of drug-likeness (QED) is 0.155. The van der Waals surface area contributed by atoms with Crippen molar-refractivity contribution in [3.05, 3.63) is 193 Å². The summed E-state index contributed by atoms with van der Waals surface area (Å²) >= 11 is 6.33. The molecule has 0 aromatic heterocycles. The molecule has 1 aliphatic rings. The van der Waals surface area contributed by atoms with Gasteiger partial charge in [-0.25, -0.2) is 0 Å². The highest BCUT2D eigenvalue weighted by molar-refractivity contribution is 6.30. The average molecular weight is 646 g/mol. The third kappa shape index (κ3) is 7.38. The van der Waals surface area contributed by atoms with Gasteiger partial charge in [0.05, 0.1) is 0 Å². The molecule has 48 heavy (non-hydrogen) atoms. The van der Waals surface area contributed by atoms with Gasteiger partial charge in [0, 0.05) is 56.2 Å². The van der Waals surface area contributed by atoms with Gasteiger partial charge >= 0.3 is 0 Å². The number of anilines is 8. The Balaban J connectivity index is 0.00000197.